The van der Waals surface area contributed by atoms with E-state index in [9.17, 15) is 0 Å². The Kier molecular flexibility index (Phi) is 7.97. The summed E-state index contributed by atoms with van der Waals surface area (Å²) in [5.74, 6) is 0. The summed E-state index contributed by atoms with van der Waals surface area (Å²) in [6.45, 7) is 3.67. The van der Waals surface area contributed by atoms with E-state index in [2.05, 4.69) is 20.9 Å². The number of hydrogen-bond acceptors (Lipinski definition) is 12. The van der Waals surface area contributed by atoms with E-state index in [0.717, 1.165) is 40.2 Å². The molecule has 0 radical (unpaired) electrons. The smallest absolute Gasteiger partial charge is 0.190 e. The van der Waals surface area contributed by atoms with Crippen molar-refractivity contribution in [2.45, 2.75) is 8.68 Å². The largest absolute Gasteiger partial charge is 0.287 e. The second-order valence-corrected chi connectivity index (χ2v) is 8.46. The van der Waals surface area contributed by atoms with Crippen LogP contribution < -0.4 is 14.4 Å². The molecule has 0 spiro atoms. The Morgan fingerprint density at radius 2 is 2.06 bits per heavy atom. The molecule has 0 unspecified atom stereocenters. The maximum absolute atomic E-state index is 7.59. The van der Waals surface area contributed by atoms with Crippen LogP contribution in [0, 0.1) is 5.41 Å². The van der Waals surface area contributed by atoms with Crippen molar-refractivity contribution in [1.82, 2.24) is 14.3 Å². The van der Waals surface area contributed by atoms with E-state index in [1.807, 2.05) is 0 Å². The molecule has 0 aliphatic rings. The molecule has 0 saturated carbocycles. The van der Waals surface area contributed by atoms with Crippen molar-refractivity contribution in [2.75, 3.05) is 0 Å². The molecular formula is C5H8N6S6. The molecule has 0 atom stereocenters. The summed E-state index contributed by atoms with van der Waals surface area (Å²) in [4.78, 5) is 0. The first-order valence-electron chi connectivity index (χ1n) is 3.76. The second-order valence-electron chi connectivity index (χ2n) is 2.12. The van der Waals surface area contributed by atoms with Gasteiger partial charge in [0, 0.05) is 0 Å². The lowest BCUT2D eigenvalue weighted by atomic mass is 11.3. The fourth-order valence-electron chi connectivity index (χ4n) is 0.529. The molecule has 94 valence electrons. The van der Waals surface area contributed by atoms with Crippen LogP contribution in [0.15, 0.2) is 19.5 Å². The van der Waals surface area contributed by atoms with Crippen molar-refractivity contribution in [3.05, 3.63) is 10.8 Å². The van der Waals surface area contributed by atoms with Crippen LogP contribution >= 0.6 is 70.9 Å². The molecule has 1 aromatic rings. The van der Waals surface area contributed by atoms with Gasteiger partial charge >= 0.3 is 0 Å². The van der Waals surface area contributed by atoms with Crippen LogP contribution in [0.1, 0.15) is 0 Å². The third-order valence-electron chi connectivity index (χ3n) is 1.09. The molecule has 6 N–H and O–H groups in total. The predicted octanol–water partition coefficient (Wildman–Crippen LogP) is 2.49. The molecule has 0 fully saturated rings. The Morgan fingerprint density at radius 1 is 1.35 bits per heavy atom. The van der Waals surface area contributed by atoms with Crippen LogP contribution in [0.3, 0.4) is 0 Å². The third kappa shape index (κ3) is 6.35. The summed E-state index contributed by atoms with van der Waals surface area (Å²) in [7, 11) is 0. The number of thioether (sulfide) groups is 1. The monoisotopic (exact) mass is 344 g/mol. The van der Waals surface area contributed by atoms with Crippen LogP contribution in [0.4, 0.5) is 0 Å². The van der Waals surface area contributed by atoms with Gasteiger partial charge in [-0.2, -0.15) is 4.13 Å². The normalized spacial score (nSPS) is 10.5. The number of hydrogen-bond donors (Lipinski definition) is 4. The summed E-state index contributed by atoms with van der Waals surface area (Å²) in [6.07, 6.45) is 0. The lowest BCUT2D eigenvalue weighted by molar-refractivity contribution is 0.955. The Hall–Kier alpha value is 0.600. The molecule has 6 nitrogen and oxygen atoms in total. The van der Waals surface area contributed by atoms with Gasteiger partial charge < -0.3 is 0 Å². The zero-order chi connectivity index (χ0) is 12.7. The highest BCUT2D eigenvalue weighted by Gasteiger charge is 2.06. The van der Waals surface area contributed by atoms with E-state index in [0.29, 0.717) is 13.0 Å². The molecule has 0 aliphatic carbocycles. The first-order valence-corrected chi connectivity index (χ1v) is 8.79. The minimum atomic E-state index is 0.360. The molecule has 0 aromatic carbocycles. The average Bonchev–Trinajstić information content (AvgIpc) is 2.76. The number of nitrogens with two attached hydrogens (primary N) is 2. The third-order valence-corrected chi connectivity index (χ3v) is 5.75. The summed E-state index contributed by atoms with van der Waals surface area (Å²) < 4.78 is 5.41. The first-order chi connectivity index (χ1) is 8.15. The molecule has 17 heavy (non-hydrogen) atoms. The van der Waals surface area contributed by atoms with Crippen molar-refractivity contribution in [1.29, 1.82) is 5.41 Å². The van der Waals surface area contributed by atoms with Gasteiger partial charge in [0.1, 0.15) is 4.38 Å². The number of nitrogens with zero attached hydrogens (tertiary/aromatic N) is 2. The van der Waals surface area contributed by atoms with Crippen molar-refractivity contribution in [2.24, 2.45) is 10.3 Å². The highest BCUT2D eigenvalue weighted by Crippen LogP contribution is 2.29. The molecule has 0 amide bonds. The van der Waals surface area contributed by atoms with E-state index >= 15 is 0 Å². The minimum absolute atomic E-state index is 0.360. The van der Waals surface area contributed by atoms with Crippen molar-refractivity contribution >= 4 is 75.3 Å². The topological polar surface area (TPSA) is 114 Å². The summed E-state index contributed by atoms with van der Waals surface area (Å²) in [5.41, 5.74) is 0. The van der Waals surface area contributed by atoms with Gasteiger partial charge in [-0.1, -0.05) is 29.7 Å². The molecule has 1 rings (SSSR count). The molecule has 1 aromatic heterocycles. The second kappa shape index (κ2) is 8.66. The Balaban J connectivity index is 2.23. The van der Waals surface area contributed by atoms with Crippen molar-refractivity contribution in [3.63, 3.8) is 0 Å². The van der Waals surface area contributed by atoms with E-state index < -0.39 is 0 Å². The Labute approximate surface area is 124 Å². The quantitative estimate of drug-likeness (QED) is 0.348. The van der Waals surface area contributed by atoms with Crippen LogP contribution in [-0.2, 0) is 0 Å². The summed E-state index contributed by atoms with van der Waals surface area (Å²) in [6, 6.07) is 0. The molecular weight excluding hydrogens is 336 g/mol. The van der Waals surface area contributed by atoms with Crippen molar-refractivity contribution in [3.8, 4) is 0 Å². The highest BCUT2D eigenvalue weighted by molar-refractivity contribution is 8.45. The fraction of sp³-hybridized carbons (Fsp3) is 0. The van der Waals surface area contributed by atoms with E-state index in [4.69, 9.17) is 15.7 Å². The van der Waals surface area contributed by atoms with Gasteiger partial charge in [0.25, 0.3) is 0 Å². The van der Waals surface area contributed by atoms with Gasteiger partial charge in [-0.05, 0) is 47.8 Å². The summed E-state index contributed by atoms with van der Waals surface area (Å²) >= 11 is 7.13. The standard InChI is InChI=1S/C5H8N6S6/c1-2(14-7)12-3(6)16-11-17-5-10-9-4(13-5)15-8/h6,11H,1,7-8H2. The van der Waals surface area contributed by atoms with Crippen LogP contribution in [0.25, 0.3) is 0 Å². The minimum Gasteiger partial charge on any atom is -0.287 e. The van der Waals surface area contributed by atoms with Gasteiger partial charge in [0.15, 0.2) is 8.68 Å². The molecule has 12 heteroatoms. The van der Waals surface area contributed by atoms with Crippen LogP contribution in [-0.4, -0.2) is 14.6 Å². The van der Waals surface area contributed by atoms with Gasteiger partial charge in [-0.25, -0.2) is 0 Å². The Bertz CT molecular complexity index is 392. The zero-order valence-corrected chi connectivity index (χ0v) is 13.1. The van der Waals surface area contributed by atoms with Gasteiger partial charge in [-0.15, -0.1) is 10.2 Å². The SMILES string of the molecule is C=C(SN)SC(=N)SNSc1nnc(SN)s1. The Morgan fingerprint density at radius 3 is 2.65 bits per heavy atom. The van der Waals surface area contributed by atoms with E-state index in [-0.39, 0.29) is 0 Å². The fourth-order valence-corrected chi connectivity index (χ4v) is 4.64. The number of rotatable bonds is 6. The van der Waals surface area contributed by atoms with E-state index in [1.54, 1.807) is 0 Å². The molecule has 1 heterocycles. The summed E-state index contributed by atoms with van der Waals surface area (Å²) in [5, 5.41) is 26.0. The molecule has 0 aliphatic heterocycles. The van der Waals surface area contributed by atoms with Gasteiger partial charge in [0.2, 0.25) is 0 Å². The van der Waals surface area contributed by atoms with Gasteiger partial charge in [0.05, 0.1) is 4.24 Å². The van der Waals surface area contributed by atoms with Crippen LogP contribution in [0.5, 0.6) is 0 Å². The van der Waals surface area contributed by atoms with Gasteiger partial charge in [-0.3, -0.25) is 15.7 Å². The maximum atomic E-state index is 7.59. The highest BCUT2D eigenvalue weighted by atomic mass is 32.3. The van der Waals surface area contributed by atoms with Crippen molar-refractivity contribution < 1.29 is 0 Å². The first kappa shape index (κ1) is 15.7. The number of nitrogens with one attached hydrogen (secondary N) is 2. The zero-order valence-electron chi connectivity index (χ0n) is 8.21. The lowest BCUT2D eigenvalue weighted by Crippen LogP contribution is -1.95. The lowest BCUT2D eigenvalue weighted by Gasteiger charge is -2.02. The molecule has 0 bridgehead atoms. The molecule has 0 saturated heterocycles. The average molecular weight is 345 g/mol. The predicted molar refractivity (Wildman–Crippen MR) is 82.8 cm³/mol. The number of aromatic nitrogens is 2. The maximum Gasteiger partial charge on any atom is 0.190 e. The van der Waals surface area contributed by atoms with Crippen LogP contribution in [0.2, 0.25) is 0 Å². The van der Waals surface area contributed by atoms with E-state index in [1.165, 1.54) is 35.0 Å².